The van der Waals surface area contributed by atoms with Gasteiger partial charge in [-0.3, -0.25) is 4.79 Å². The van der Waals surface area contributed by atoms with Crippen LogP contribution < -0.4 is 4.74 Å². The van der Waals surface area contributed by atoms with Gasteiger partial charge in [-0.25, -0.2) is 4.79 Å². The number of hydrogen-bond acceptors (Lipinski definition) is 3. The number of esters is 1. The standard InChI is InChI=1S/C16H10BrClO3/c17-13-6-7-15(12(9-13)10-19)21-16(20)8-5-11-3-1-2-4-14(11)18/h1-10H/b8-5+. The van der Waals surface area contributed by atoms with E-state index < -0.39 is 5.97 Å². The van der Waals surface area contributed by atoms with Crippen molar-refractivity contribution in [3.8, 4) is 5.75 Å². The average molecular weight is 366 g/mol. The molecule has 0 saturated carbocycles. The van der Waals surface area contributed by atoms with Crippen molar-refractivity contribution >= 4 is 45.9 Å². The molecule has 0 radical (unpaired) electrons. The zero-order chi connectivity index (χ0) is 15.2. The predicted molar refractivity (Wildman–Crippen MR) is 85.7 cm³/mol. The molecule has 0 bridgehead atoms. The second-order valence-electron chi connectivity index (χ2n) is 4.08. The molecule has 2 aromatic rings. The van der Waals surface area contributed by atoms with Gasteiger partial charge < -0.3 is 4.74 Å². The minimum absolute atomic E-state index is 0.210. The lowest BCUT2D eigenvalue weighted by atomic mass is 10.2. The summed E-state index contributed by atoms with van der Waals surface area (Å²) in [7, 11) is 0. The van der Waals surface area contributed by atoms with E-state index in [0.29, 0.717) is 22.4 Å². The van der Waals surface area contributed by atoms with Crippen molar-refractivity contribution in [2.75, 3.05) is 0 Å². The fourth-order valence-corrected chi connectivity index (χ4v) is 2.19. The summed E-state index contributed by atoms with van der Waals surface area (Å²) in [5.74, 6) is -0.373. The SMILES string of the molecule is O=Cc1cc(Br)ccc1OC(=O)/C=C/c1ccccc1Cl. The Hall–Kier alpha value is -1.91. The quantitative estimate of drug-likeness (QED) is 0.346. The highest BCUT2D eigenvalue weighted by atomic mass is 79.9. The number of halogens is 2. The summed E-state index contributed by atoms with van der Waals surface area (Å²) in [5.41, 5.74) is 1.01. The van der Waals surface area contributed by atoms with Gasteiger partial charge in [0, 0.05) is 15.6 Å². The van der Waals surface area contributed by atoms with Crippen LogP contribution in [0.2, 0.25) is 5.02 Å². The molecule has 0 aliphatic rings. The van der Waals surface area contributed by atoms with Gasteiger partial charge in [0.2, 0.25) is 0 Å². The lowest BCUT2D eigenvalue weighted by molar-refractivity contribution is -0.128. The van der Waals surface area contributed by atoms with Crippen LogP contribution in [0.5, 0.6) is 5.75 Å². The maximum absolute atomic E-state index is 11.8. The Balaban J connectivity index is 2.12. The Morgan fingerprint density at radius 1 is 1.14 bits per heavy atom. The van der Waals surface area contributed by atoms with Crippen LogP contribution in [0.1, 0.15) is 15.9 Å². The maximum Gasteiger partial charge on any atom is 0.336 e. The highest BCUT2D eigenvalue weighted by Crippen LogP contribution is 2.22. The van der Waals surface area contributed by atoms with Gasteiger partial charge >= 0.3 is 5.97 Å². The van der Waals surface area contributed by atoms with Crippen LogP contribution >= 0.6 is 27.5 Å². The Morgan fingerprint density at radius 3 is 2.62 bits per heavy atom. The van der Waals surface area contributed by atoms with Crippen LogP contribution in [0.15, 0.2) is 53.0 Å². The lowest BCUT2D eigenvalue weighted by Gasteiger charge is -2.04. The summed E-state index contributed by atoms with van der Waals surface area (Å²) in [5, 5.41) is 0.541. The first-order valence-corrected chi connectivity index (χ1v) is 7.16. The lowest BCUT2D eigenvalue weighted by Crippen LogP contribution is -2.05. The Morgan fingerprint density at radius 2 is 1.90 bits per heavy atom. The van der Waals surface area contributed by atoms with E-state index in [-0.39, 0.29) is 5.75 Å². The third-order valence-corrected chi connectivity index (χ3v) is 3.45. The van der Waals surface area contributed by atoms with Gasteiger partial charge in [-0.05, 0) is 35.9 Å². The fraction of sp³-hybridized carbons (Fsp3) is 0. The topological polar surface area (TPSA) is 43.4 Å². The van der Waals surface area contributed by atoms with Crippen molar-refractivity contribution in [2.45, 2.75) is 0 Å². The summed E-state index contributed by atoms with van der Waals surface area (Å²) in [4.78, 5) is 22.7. The minimum atomic E-state index is -0.583. The molecule has 0 N–H and O–H groups in total. The largest absolute Gasteiger partial charge is 0.423 e. The van der Waals surface area contributed by atoms with Crippen LogP contribution in [-0.2, 0) is 4.79 Å². The van der Waals surface area contributed by atoms with Gasteiger partial charge in [0.05, 0.1) is 5.56 Å². The number of benzene rings is 2. The van der Waals surface area contributed by atoms with Gasteiger partial charge in [-0.15, -0.1) is 0 Å². The summed E-state index contributed by atoms with van der Waals surface area (Å²) >= 11 is 9.22. The molecule has 0 unspecified atom stereocenters. The Labute approximate surface area is 135 Å². The summed E-state index contributed by atoms with van der Waals surface area (Å²) in [6.07, 6.45) is 3.45. The number of carbonyl (C=O) groups excluding carboxylic acids is 2. The van der Waals surface area contributed by atoms with E-state index in [9.17, 15) is 9.59 Å². The smallest absolute Gasteiger partial charge is 0.336 e. The van der Waals surface area contributed by atoms with Crippen molar-refractivity contribution < 1.29 is 14.3 Å². The van der Waals surface area contributed by atoms with Gasteiger partial charge in [0.1, 0.15) is 5.75 Å². The average Bonchev–Trinajstić information content (AvgIpc) is 2.48. The van der Waals surface area contributed by atoms with E-state index in [1.807, 2.05) is 6.07 Å². The molecule has 2 aromatic carbocycles. The van der Waals surface area contributed by atoms with Crippen LogP contribution in [-0.4, -0.2) is 12.3 Å². The van der Waals surface area contributed by atoms with Gasteiger partial charge in [-0.2, -0.15) is 0 Å². The van der Waals surface area contributed by atoms with Crippen molar-refractivity contribution in [2.24, 2.45) is 0 Å². The first kappa shape index (κ1) is 15.5. The molecular formula is C16H10BrClO3. The number of ether oxygens (including phenoxy) is 1. The molecule has 0 amide bonds. The molecule has 0 spiro atoms. The van der Waals surface area contributed by atoms with E-state index in [2.05, 4.69) is 15.9 Å². The molecule has 2 rings (SSSR count). The van der Waals surface area contributed by atoms with Crippen molar-refractivity contribution in [3.05, 3.63) is 69.2 Å². The highest BCUT2D eigenvalue weighted by molar-refractivity contribution is 9.10. The zero-order valence-electron chi connectivity index (χ0n) is 10.8. The molecule has 0 fully saturated rings. The summed E-state index contributed by atoms with van der Waals surface area (Å²) in [6, 6.07) is 11.9. The zero-order valence-corrected chi connectivity index (χ0v) is 13.1. The van der Waals surface area contributed by atoms with Gasteiger partial charge in [0.25, 0.3) is 0 Å². The molecule has 106 valence electrons. The first-order valence-electron chi connectivity index (χ1n) is 5.99. The number of aldehydes is 1. The van der Waals surface area contributed by atoms with Crippen molar-refractivity contribution in [1.29, 1.82) is 0 Å². The van der Waals surface area contributed by atoms with E-state index in [4.69, 9.17) is 16.3 Å². The molecular weight excluding hydrogens is 356 g/mol. The molecule has 0 aliphatic heterocycles. The number of carbonyl (C=O) groups is 2. The summed E-state index contributed by atoms with van der Waals surface area (Å²) < 4.78 is 5.86. The highest BCUT2D eigenvalue weighted by Gasteiger charge is 2.07. The van der Waals surface area contributed by atoms with E-state index in [1.165, 1.54) is 6.08 Å². The van der Waals surface area contributed by atoms with Gasteiger partial charge in [0.15, 0.2) is 6.29 Å². The molecule has 0 saturated heterocycles. The van der Waals surface area contributed by atoms with Crippen LogP contribution in [0.3, 0.4) is 0 Å². The van der Waals surface area contributed by atoms with Crippen LogP contribution in [0.4, 0.5) is 0 Å². The van der Waals surface area contributed by atoms with Crippen molar-refractivity contribution in [1.82, 2.24) is 0 Å². The molecule has 5 heteroatoms. The van der Waals surface area contributed by atoms with Crippen LogP contribution in [0, 0.1) is 0 Å². The first-order chi connectivity index (χ1) is 10.1. The third-order valence-electron chi connectivity index (χ3n) is 2.61. The fourth-order valence-electron chi connectivity index (χ4n) is 1.61. The van der Waals surface area contributed by atoms with E-state index >= 15 is 0 Å². The second-order valence-corrected chi connectivity index (χ2v) is 5.40. The molecule has 0 heterocycles. The molecule has 21 heavy (non-hydrogen) atoms. The Kier molecular flexibility index (Phi) is 5.31. The van der Waals surface area contributed by atoms with E-state index in [0.717, 1.165) is 4.47 Å². The minimum Gasteiger partial charge on any atom is -0.423 e. The molecule has 0 aromatic heterocycles. The predicted octanol–water partition coefficient (Wildman–Crippen LogP) is 4.53. The Bertz CT molecular complexity index is 710. The molecule has 0 aliphatic carbocycles. The van der Waals surface area contributed by atoms with Gasteiger partial charge in [-0.1, -0.05) is 45.7 Å². The second kappa shape index (κ2) is 7.20. The molecule has 0 atom stereocenters. The van der Waals surface area contributed by atoms with Crippen molar-refractivity contribution in [3.63, 3.8) is 0 Å². The number of hydrogen-bond donors (Lipinski definition) is 0. The van der Waals surface area contributed by atoms with E-state index in [1.54, 1.807) is 42.5 Å². The number of rotatable bonds is 4. The summed E-state index contributed by atoms with van der Waals surface area (Å²) in [6.45, 7) is 0. The normalized spacial score (nSPS) is 10.6. The third kappa shape index (κ3) is 4.28. The monoisotopic (exact) mass is 364 g/mol. The van der Waals surface area contributed by atoms with Crippen LogP contribution in [0.25, 0.3) is 6.08 Å². The molecule has 3 nitrogen and oxygen atoms in total. The maximum atomic E-state index is 11.8.